The molecule has 1 heterocycles. The number of benzene rings is 2. The van der Waals surface area contributed by atoms with Crippen LogP contribution in [0.15, 0.2) is 53.5 Å². The summed E-state index contributed by atoms with van der Waals surface area (Å²) in [4.78, 5) is 16.0. The Morgan fingerprint density at radius 1 is 1.07 bits per heavy atom. The molecule has 0 aliphatic heterocycles. The molecule has 0 amide bonds. The number of nitrogens with zero attached hydrogens (tertiary/aromatic N) is 2. The Kier molecular flexibility index (Phi) is 5.88. The van der Waals surface area contributed by atoms with E-state index in [9.17, 15) is 4.79 Å². The van der Waals surface area contributed by atoms with Crippen molar-refractivity contribution >= 4 is 34.7 Å². The lowest BCUT2D eigenvalue weighted by atomic mass is 10.1. The number of halogens is 2. The fourth-order valence-corrected chi connectivity index (χ4v) is 2.88. The van der Waals surface area contributed by atoms with Gasteiger partial charge in [0.1, 0.15) is 11.6 Å². The summed E-state index contributed by atoms with van der Waals surface area (Å²) in [5.74, 6) is 0.833. The molecular formula is C19H18Cl2N4O2. The van der Waals surface area contributed by atoms with E-state index in [0.717, 1.165) is 5.56 Å². The minimum atomic E-state index is -0.416. The van der Waals surface area contributed by atoms with Crippen LogP contribution in [-0.2, 0) is 6.54 Å². The van der Waals surface area contributed by atoms with Crippen LogP contribution in [0.4, 0.5) is 11.5 Å². The van der Waals surface area contributed by atoms with Gasteiger partial charge in [0.05, 0.1) is 16.7 Å². The molecule has 27 heavy (non-hydrogen) atoms. The summed E-state index contributed by atoms with van der Waals surface area (Å²) < 4.78 is 7.14. The number of ether oxygens (including phenoxy) is 1. The molecule has 0 unspecified atom stereocenters. The summed E-state index contributed by atoms with van der Waals surface area (Å²) in [6.45, 7) is 0.866. The van der Waals surface area contributed by atoms with E-state index in [0.29, 0.717) is 46.6 Å². The molecule has 3 aromatic rings. The minimum absolute atomic E-state index is 0.144. The van der Waals surface area contributed by atoms with Crippen molar-refractivity contribution in [2.45, 2.75) is 13.0 Å². The highest BCUT2D eigenvalue weighted by Crippen LogP contribution is 2.30. The van der Waals surface area contributed by atoms with Gasteiger partial charge in [-0.3, -0.25) is 4.57 Å². The normalized spacial score (nSPS) is 10.7. The van der Waals surface area contributed by atoms with Crippen LogP contribution >= 0.6 is 23.2 Å². The SMILES string of the molecule is Nc1cccc(OCCCn2cc(-c3ccc(Cl)c(Cl)c3)c(N)nc2=O)c1. The highest BCUT2D eigenvalue weighted by Gasteiger charge is 2.10. The average Bonchev–Trinajstić information content (AvgIpc) is 2.63. The highest BCUT2D eigenvalue weighted by atomic mass is 35.5. The maximum absolute atomic E-state index is 12.1. The Morgan fingerprint density at radius 2 is 1.89 bits per heavy atom. The predicted octanol–water partition coefficient (Wildman–Crippen LogP) is 3.85. The van der Waals surface area contributed by atoms with Gasteiger partial charge < -0.3 is 16.2 Å². The summed E-state index contributed by atoms with van der Waals surface area (Å²) in [7, 11) is 0. The zero-order valence-electron chi connectivity index (χ0n) is 14.4. The van der Waals surface area contributed by atoms with Crippen molar-refractivity contribution in [3.05, 3.63) is 69.2 Å². The molecule has 140 valence electrons. The first-order valence-corrected chi connectivity index (χ1v) is 9.00. The summed E-state index contributed by atoms with van der Waals surface area (Å²) >= 11 is 12.0. The van der Waals surface area contributed by atoms with Crippen molar-refractivity contribution in [2.24, 2.45) is 0 Å². The lowest BCUT2D eigenvalue weighted by molar-refractivity contribution is 0.300. The van der Waals surface area contributed by atoms with Crippen molar-refractivity contribution < 1.29 is 4.74 Å². The monoisotopic (exact) mass is 404 g/mol. The van der Waals surface area contributed by atoms with Crippen LogP contribution in [0.25, 0.3) is 11.1 Å². The predicted molar refractivity (Wildman–Crippen MR) is 109 cm³/mol. The second-order valence-corrected chi connectivity index (χ2v) is 6.73. The van der Waals surface area contributed by atoms with Gasteiger partial charge in [-0.2, -0.15) is 4.98 Å². The Bertz CT molecular complexity index is 1020. The lowest BCUT2D eigenvalue weighted by Gasteiger charge is -2.11. The van der Waals surface area contributed by atoms with E-state index in [1.807, 2.05) is 12.1 Å². The van der Waals surface area contributed by atoms with E-state index in [4.69, 9.17) is 39.4 Å². The molecular weight excluding hydrogens is 387 g/mol. The van der Waals surface area contributed by atoms with Gasteiger partial charge in [-0.05, 0) is 36.2 Å². The summed E-state index contributed by atoms with van der Waals surface area (Å²) in [5, 5.41) is 0.848. The topological polar surface area (TPSA) is 96.2 Å². The summed E-state index contributed by atoms with van der Waals surface area (Å²) in [6.07, 6.45) is 2.28. The van der Waals surface area contributed by atoms with Gasteiger partial charge in [0.2, 0.25) is 0 Å². The van der Waals surface area contributed by atoms with E-state index in [1.165, 1.54) is 4.57 Å². The first kappa shape index (κ1) is 19.1. The fourth-order valence-electron chi connectivity index (χ4n) is 2.58. The number of hydrogen-bond donors (Lipinski definition) is 2. The molecule has 0 radical (unpaired) electrons. The van der Waals surface area contributed by atoms with Gasteiger partial charge in [-0.25, -0.2) is 4.79 Å². The Balaban J connectivity index is 1.72. The second-order valence-electron chi connectivity index (χ2n) is 5.92. The van der Waals surface area contributed by atoms with Crippen LogP contribution in [0.3, 0.4) is 0 Å². The van der Waals surface area contributed by atoms with E-state index in [-0.39, 0.29) is 5.82 Å². The minimum Gasteiger partial charge on any atom is -0.493 e. The van der Waals surface area contributed by atoms with Gasteiger partial charge >= 0.3 is 5.69 Å². The zero-order valence-corrected chi connectivity index (χ0v) is 15.9. The van der Waals surface area contributed by atoms with Crippen molar-refractivity contribution in [3.8, 4) is 16.9 Å². The van der Waals surface area contributed by atoms with E-state index in [2.05, 4.69) is 4.98 Å². The van der Waals surface area contributed by atoms with Gasteiger partial charge in [0.15, 0.2) is 0 Å². The maximum atomic E-state index is 12.1. The first-order valence-electron chi connectivity index (χ1n) is 8.25. The number of rotatable bonds is 6. The van der Waals surface area contributed by atoms with Crippen molar-refractivity contribution in [1.82, 2.24) is 9.55 Å². The van der Waals surface area contributed by atoms with Gasteiger partial charge in [-0.15, -0.1) is 0 Å². The molecule has 0 saturated heterocycles. The third-order valence-corrected chi connectivity index (χ3v) is 4.66. The first-order chi connectivity index (χ1) is 12.9. The molecule has 4 N–H and O–H groups in total. The van der Waals surface area contributed by atoms with E-state index >= 15 is 0 Å². The largest absolute Gasteiger partial charge is 0.493 e. The molecule has 6 nitrogen and oxygen atoms in total. The van der Waals surface area contributed by atoms with Crippen LogP contribution in [0, 0.1) is 0 Å². The molecule has 0 aliphatic carbocycles. The standard InChI is InChI=1S/C19H18Cl2N4O2/c20-16-6-5-12(9-17(16)21)15-11-25(19(26)24-18(15)23)7-2-8-27-14-4-1-3-13(22)10-14/h1,3-6,9-11H,2,7-8,22H2,(H2,23,24,26). The Hall–Kier alpha value is -2.70. The van der Waals surface area contributed by atoms with Crippen LogP contribution in [0.2, 0.25) is 10.0 Å². The molecule has 0 spiro atoms. The lowest BCUT2D eigenvalue weighted by Crippen LogP contribution is -2.25. The van der Waals surface area contributed by atoms with Crippen molar-refractivity contribution in [2.75, 3.05) is 18.1 Å². The van der Waals surface area contributed by atoms with Crippen LogP contribution in [-0.4, -0.2) is 16.2 Å². The highest BCUT2D eigenvalue weighted by molar-refractivity contribution is 6.42. The molecule has 0 aliphatic rings. The average molecular weight is 405 g/mol. The number of anilines is 2. The van der Waals surface area contributed by atoms with Crippen molar-refractivity contribution in [1.29, 1.82) is 0 Å². The maximum Gasteiger partial charge on any atom is 0.349 e. The fraction of sp³-hybridized carbons (Fsp3) is 0.158. The van der Waals surface area contributed by atoms with Crippen LogP contribution in [0.5, 0.6) is 5.75 Å². The molecule has 0 saturated carbocycles. The smallest absolute Gasteiger partial charge is 0.349 e. The number of aromatic nitrogens is 2. The Morgan fingerprint density at radius 3 is 2.63 bits per heavy atom. The number of aryl methyl sites for hydroxylation is 1. The molecule has 2 aromatic carbocycles. The van der Waals surface area contributed by atoms with E-state index in [1.54, 1.807) is 36.5 Å². The zero-order chi connectivity index (χ0) is 19.4. The molecule has 0 bridgehead atoms. The van der Waals surface area contributed by atoms with E-state index < -0.39 is 5.69 Å². The summed E-state index contributed by atoms with van der Waals surface area (Å²) in [5.41, 5.74) is 13.2. The second kappa shape index (κ2) is 8.33. The Labute approximate surface area is 166 Å². The van der Waals surface area contributed by atoms with Gasteiger partial charge in [-0.1, -0.05) is 35.3 Å². The van der Waals surface area contributed by atoms with Gasteiger partial charge in [0.25, 0.3) is 0 Å². The number of nitrogens with two attached hydrogens (primary N) is 2. The van der Waals surface area contributed by atoms with Gasteiger partial charge in [0, 0.05) is 30.1 Å². The summed E-state index contributed by atoms with van der Waals surface area (Å²) in [6, 6.07) is 12.3. The molecule has 1 aromatic heterocycles. The molecule has 0 fully saturated rings. The number of hydrogen-bond acceptors (Lipinski definition) is 5. The van der Waals surface area contributed by atoms with Crippen molar-refractivity contribution in [3.63, 3.8) is 0 Å². The van der Waals surface area contributed by atoms with Crippen LogP contribution < -0.4 is 21.9 Å². The molecule has 8 heteroatoms. The van der Waals surface area contributed by atoms with Crippen LogP contribution in [0.1, 0.15) is 6.42 Å². The molecule has 0 atom stereocenters. The third-order valence-electron chi connectivity index (χ3n) is 3.92. The molecule has 3 rings (SSSR count). The quantitative estimate of drug-likeness (QED) is 0.480. The third kappa shape index (κ3) is 4.72. The number of nitrogen functional groups attached to an aromatic ring is 2.